The molecule has 0 saturated heterocycles. The van der Waals surface area contributed by atoms with Crippen LogP contribution in [-0.4, -0.2) is 9.97 Å². The number of benzene rings is 1. The molecule has 0 unspecified atom stereocenters. The van der Waals surface area contributed by atoms with E-state index in [0.717, 1.165) is 0 Å². The Morgan fingerprint density at radius 2 is 2.00 bits per heavy atom. The monoisotopic (exact) mass is 158 g/mol. The summed E-state index contributed by atoms with van der Waals surface area (Å²) in [4.78, 5) is 19.0. The molecule has 0 amide bonds. The quantitative estimate of drug-likeness (QED) is 0.574. The highest BCUT2D eigenvalue weighted by molar-refractivity contribution is 5.76. The molecular weight excluding hydrogens is 152 g/mol. The maximum atomic E-state index is 11.3. The predicted molar refractivity (Wildman–Crippen MR) is 45.8 cm³/mol. The Morgan fingerprint density at radius 1 is 1.17 bits per heavy atom. The zero-order valence-electron chi connectivity index (χ0n) is 6.27. The summed E-state index contributed by atoms with van der Waals surface area (Å²) in [7, 11) is 0. The van der Waals surface area contributed by atoms with Crippen molar-refractivity contribution >= 4 is 10.9 Å². The van der Waals surface area contributed by atoms with Crippen LogP contribution in [0.15, 0.2) is 41.6 Å². The second-order valence-electron chi connectivity index (χ2n) is 2.40. The molecule has 0 atom stereocenters. The van der Waals surface area contributed by atoms with Gasteiger partial charge in [0.15, 0.2) is 0 Å². The molecule has 0 saturated carbocycles. The van der Waals surface area contributed by atoms with Gasteiger partial charge in [0.05, 0.1) is 11.7 Å². The van der Waals surface area contributed by atoms with Gasteiger partial charge >= 0.3 is 0 Å². The molecule has 58 valence electrons. The summed E-state index contributed by atoms with van der Waals surface area (Å²) in [6.45, 7) is 0. The van der Waals surface area contributed by atoms with Crippen LogP contribution in [0.3, 0.4) is 0 Å². The van der Waals surface area contributed by atoms with Crippen LogP contribution >= 0.6 is 0 Å². The molecule has 0 N–H and O–H groups in total. The summed E-state index contributed by atoms with van der Waals surface area (Å²) in [6.07, 6.45) is 2.65. The molecular formula is C9H6N2O. The molecule has 0 spiro atoms. The van der Waals surface area contributed by atoms with Gasteiger partial charge in [-0.2, -0.15) is 0 Å². The lowest BCUT2D eigenvalue weighted by atomic mass is 10.2. The third-order valence-electron chi connectivity index (χ3n) is 1.62. The lowest BCUT2D eigenvalue weighted by molar-refractivity contribution is 1.24. The minimum atomic E-state index is -0.0944. The van der Waals surface area contributed by atoms with E-state index in [1.165, 1.54) is 12.5 Å². The van der Waals surface area contributed by atoms with Crippen molar-refractivity contribution in [1.82, 2.24) is 9.97 Å². The van der Waals surface area contributed by atoms with Crippen LogP contribution in [0.4, 0.5) is 0 Å². The smallest absolute Gasteiger partial charge is 0.206 e. The SMILES string of the molecule is O=c1cncnc2ccccc12. The van der Waals surface area contributed by atoms with E-state index < -0.39 is 0 Å². The molecule has 0 aliphatic carbocycles. The van der Waals surface area contributed by atoms with E-state index in [2.05, 4.69) is 9.97 Å². The van der Waals surface area contributed by atoms with E-state index in [0.29, 0.717) is 10.9 Å². The van der Waals surface area contributed by atoms with Crippen LogP contribution in [0, 0.1) is 0 Å². The Morgan fingerprint density at radius 3 is 2.92 bits per heavy atom. The molecule has 0 aliphatic rings. The van der Waals surface area contributed by atoms with Crippen molar-refractivity contribution in [2.24, 2.45) is 0 Å². The highest BCUT2D eigenvalue weighted by Crippen LogP contribution is 2.02. The number of aromatic nitrogens is 2. The second-order valence-corrected chi connectivity index (χ2v) is 2.40. The fraction of sp³-hybridized carbons (Fsp3) is 0. The first kappa shape index (κ1) is 6.91. The van der Waals surface area contributed by atoms with Crippen molar-refractivity contribution in [2.45, 2.75) is 0 Å². The van der Waals surface area contributed by atoms with E-state index in [1.54, 1.807) is 12.1 Å². The summed E-state index contributed by atoms with van der Waals surface area (Å²) in [5.41, 5.74) is 0.586. The fourth-order valence-corrected chi connectivity index (χ4v) is 1.06. The van der Waals surface area contributed by atoms with Gasteiger partial charge < -0.3 is 0 Å². The number of nitrogens with zero attached hydrogens (tertiary/aromatic N) is 2. The molecule has 0 fully saturated rings. The van der Waals surface area contributed by atoms with Gasteiger partial charge in [-0.3, -0.25) is 4.79 Å². The van der Waals surface area contributed by atoms with Gasteiger partial charge in [0.1, 0.15) is 6.33 Å². The van der Waals surface area contributed by atoms with Crippen molar-refractivity contribution in [1.29, 1.82) is 0 Å². The Labute approximate surface area is 68.7 Å². The van der Waals surface area contributed by atoms with Crippen LogP contribution in [0.25, 0.3) is 10.9 Å². The Bertz CT molecular complexity index is 468. The maximum absolute atomic E-state index is 11.3. The van der Waals surface area contributed by atoms with E-state index in [9.17, 15) is 4.79 Å². The molecule has 1 aromatic carbocycles. The molecule has 2 aromatic rings. The number of para-hydroxylation sites is 1. The van der Waals surface area contributed by atoms with E-state index in [4.69, 9.17) is 0 Å². The average molecular weight is 158 g/mol. The van der Waals surface area contributed by atoms with Gasteiger partial charge in [-0.25, -0.2) is 9.97 Å². The summed E-state index contributed by atoms with van der Waals surface area (Å²) < 4.78 is 0. The van der Waals surface area contributed by atoms with Gasteiger partial charge in [-0.15, -0.1) is 0 Å². The van der Waals surface area contributed by atoms with Gasteiger partial charge in [0.25, 0.3) is 0 Å². The molecule has 3 heteroatoms. The van der Waals surface area contributed by atoms with Crippen molar-refractivity contribution < 1.29 is 0 Å². The zero-order chi connectivity index (χ0) is 8.39. The molecule has 0 bridgehead atoms. The molecule has 1 aromatic heterocycles. The van der Waals surface area contributed by atoms with E-state index in [1.807, 2.05) is 12.1 Å². The third-order valence-corrected chi connectivity index (χ3v) is 1.62. The molecule has 2 rings (SSSR count). The highest BCUT2D eigenvalue weighted by Gasteiger charge is 1.93. The second kappa shape index (κ2) is 2.70. The van der Waals surface area contributed by atoms with Gasteiger partial charge in [-0.05, 0) is 12.1 Å². The molecule has 0 aliphatic heterocycles. The Hall–Kier alpha value is -1.77. The number of rotatable bonds is 0. The first-order chi connectivity index (χ1) is 5.88. The standard InChI is InChI=1S/C9H6N2O/c12-9-5-10-6-11-8-4-2-1-3-7(8)9/h1-6H. The minimum absolute atomic E-state index is 0.0944. The first-order valence-corrected chi connectivity index (χ1v) is 3.57. The lowest BCUT2D eigenvalue weighted by Crippen LogP contribution is -1.94. The Kier molecular flexibility index (Phi) is 1.55. The minimum Gasteiger partial charge on any atom is -0.287 e. The predicted octanol–water partition coefficient (Wildman–Crippen LogP) is 0.990. The summed E-state index contributed by atoms with van der Waals surface area (Å²) in [5, 5.41) is 0.606. The normalized spacial score (nSPS) is 10.0. The van der Waals surface area contributed by atoms with Crippen molar-refractivity contribution in [3.63, 3.8) is 0 Å². The molecule has 1 heterocycles. The summed E-state index contributed by atoms with van der Waals surface area (Å²) in [5.74, 6) is 0. The van der Waals surface area contributed by atoms with Crippen LogP contribution in [0.2, 0.25) is 0 Å². The number of fused-ring (bicyclic) bond motifs is 1. The van der Waals surface area contributed by atoms with Gasteiger partial charge in [0.2, 0.25) is 5.43 Å². The zero-order valence-corrected chi connectivity index (χ0v) is 6.27. The lowest BCUT2D eigenvalue weighted by Gasteiger charge is -1.85. The average Bonchev–Trinajstić information content (AvgIpc) is 2.29. The van der Waals surface area contributed by atoms with Crippen molar-refractivity contribution in [2.75, 3.05) is 0 Å². The van der Waals surface area contributed by atoms with E-state index >= 15 is 0 Å². The van der Waals surface area contributed by atoms with Crippen LogP contribution < -0.4 is 5.43 Å². The van der Waals surface area contributed by atoms with Gasteiger partial charge in [-0.1, -0.05) is 12.1 Å². The summed E-state index contributed by atoms with van der Waals surface area (Å²) >= 11 is 0. The van der Waals surface area contributed by atoms with Crippen molar-refractivity contribution in [3.8, 4) is 0 Å². The first-order valence-electron chi connectivity index (χ1n) is 3.57. The van der Waals surface area contributed by atoms with Crippen LogP contribution in [0.1, 0.15) is 0 Å². The number of hydrogen-bond acceptors (Lipinski definition) is 3. The number of hydrogen-bond donors (Lipinski definition) is 0. The largest absolute Gasteiger partial charge is 0.287 e. The Balaban J connectivity index is 3.06. The van der Waals surface area contributed by atoms with Gasteiger partial charge in [0, 0.05) is 5.39 Å². The van der Waals surface area contributed by atoms with Crippen molar-refractivity contribution in [3.05, 3.63) is 47.0 Å². The van der Waals surface area contributed by atoms with E-state index in [-0.39, 0.29) is 5.43 Å². The molecule has 0 radical (unpaired) electrons. The topological polar surface area (TPSA) is 42.9 Å². The van der Waals surface area contributed by atoms with Crippen LogP contribution in [-0.2, 0) is 0 Å². The maximum Gasteiger partial charge on any atom is 0.206 e. The highest BCUT2D eigenvalue weighted by atomic mass is 16.1. The third kappa shape index (κ3) is 1.05. The molecule has 12 heavy (non-hydrogen) atoms. The fourth-order valence-electron chi connectivity index (χ4n) is 1.06. The summed E-state index contributed by atoms with van der Waals surface area (Å²) in [6, 6.07) is 7.19. The molecule has 3 nitrogen and oxygen atoms in total. The van der Waals surface area contributed by atoms with Crippen LogP contribution in [0.5, 0.6) is 0 Å².